The molecule has 1 N–H and O–H groups in total. The molecular weight excluding hydrogens is 374 g/mol. The summed E-state index contributed by atoms with van der Waals surface area (Å²) in [6, 6.07) is 13.1. The molecule has 0 aliphatic heterocycles. The Hall–Kier alpha value is -2.60. The van der Waals surface area contributed by atoms with E-state index in [1.807, 2.05) is 6.07 Å². The molecule has 0 heterocycles. The van der Waals surface area contributed by atoms with E-state index in [2.05, 4.69) is 31.3 Å². The highest BCUT2D eigenvalue weighted by Gasteiger charge is 2.10. The Kier molecular flexibility index (Phi) is 8.26. The lowest BCUT2D eigenvalue weighted by Crippen LogP contribution is -2.19. The van der Waals surface area contributed by atoms with Crippen LogP contribution in [0.3, 0.4) is 0 Å². The van der Waals surface area contributed by atoms with Crippen LogP contribution in [-0.2, 0) is 20.9 Å². The van der Waals surface area contributed by atoms with Gasteiger partial charge in [-0.2, -0.15) is 0 Å². The molecule has 148 valence electrons. The van der Waals surface area contributed by atoms with Gasteiger partial charge in [0, 0.05) is 29.7 Å². The van der Waals surface area contributed by atoms with Gasteiger partial charge in [-0.3, -0.25) is 14.4 Å². The molecule has 5 nitrogen and oxygen atoms in total. The van der Waals surface area contributed by atoms with Crippen LogP contribution in [0.5, 0.6) is 0 Å². The number of ether oxygens (including phenoxy) is 1. The molecule has 0 saturated heterocycles. The number of aryl methyl sites for hydroxylation is 2. The first-order valence-electron chi connectivity index (χ1n) is 9.07. The van der Waals surface area contributed by atoms with Crippen LogP contribution in [0, 0.1) is 13.8 Å². The summed E-state index contributed by atoms with van der Waals surface area (Å²) < 4.78 is 5.09. The number of rotatable bonds is 9. The first-order valence-corrected chi connectivity index (χ1v) is 10.1. The second-order valence-electron chi connectivity index (χ2n) is 6.54. The topological polar surface area (TPSA) is 72.5 Å². The second kappa shape index (κ2) is 10.7. The molecule has 2 aromatic rings. The Balaban J connectivity index is 1.72. The zero-order valence-electron chi connectivity index (χ0n) is 16.4. The van der Waals surface area contributed by atoms with Gasteiger partial charge in [-0.25, -0.2) is 0 Å². The molecule has 6 heteroatoms. The van der Waals surface area contributed by atoms with Gasteiger partial charge < -0.3 is 10.1 Å². The van der Waals surface area contributed by atoms with Crippen molar-refractivity contribution < 1.29 is 19.1 Å². The minimum absolute atomic E-state index is 0.109. The number of thioether (sulfide) groups is 1. The number of carbonyl (C=O) groups is 3. The van der Waals surface area contributed by atoms with Gasteiger partial charge in [0.1, 0.15) is 0 Å². The van der Waals surface area contributed by atoms with E-state index in [-0.39, 0.29) is 30.7 Å². The van der Waals surface area contributed by atoms with Crippen molar-refractivity contribution in [3.05, 3.63) is 64.7 Å². The third-order valence-corrected chi connectivity index (χ3v) is 5.23. The third-order valence-electron chi connectivity index (χ3n) is 4.23. The number of hydrogen-bond donors (Lipinski definition) is 1. The quantitative estimate of drug-likeness (QED) is 0.394. The molecule has 2 rings (SSSR count). The maximum atomic E-state index is 12.1. The van der Waals surface area contributed by atoms with Crippen molar-refractivity contribution in [3.8, 4) is 0 Å². The number of carbonyl (C=O) groups excluding carboxylic acids is 3. The molecule has 0 saturated carbocycles. The van der Waals surface area contributed by atoms with E-state index in [1.165, 1.54) is 18.1 Å². The lowest BCUT2D eigenvalue weighted by Gasteiger charge is -2.07. The predicted octanol–water partition coefficient (Wildman–Crippen LogP) is 3.85. The summed E-state index contributed by atoms with van der Waals surface area (Å²) in [5, 5.41) is 2.69. The molecule has 0 fully saturated rings. The van der Waals surface area contributed by atoms with E-state index >= 15 is 0 Å². The third kappa shape index (κ3) is 7.19. The monoisotopic (exact) mass is 399 g/mol. The second-order valence-corrected chi connectivity index (χ2v) is 7.70. The van der Waals surface area contributed by atoms with Crippen LogP contribution in [0.2, 0.25) is 0 Å². The van der Waals surface area contributed by atoms with Gasteiger partial charge in [-0.15, -0.1) is 11.8 Å². The van der Waals surface area contributed by atoms with Crippen LogP contribution in [0.4, 0.5) is 0 Å². The molecule has 0 spiro atoms. The lowest BCUT2D eigenvalue weighted by atomic mass is 10.1. The van der Waals surface area contributed by atoms with Gasteiger partial charge in [0.05, 0.1) is 6.42 Å². The Bertz CT molecular complexity index is 846. The Morgan fingerprint density at radius 2 is 1.71 bits per heavy atom. The van der Waals surface area contributed by atoms with Crippen LogP contribution >= 0.6 is 11.8 Å². The molecule has 0 aliphatic carbocycles. The number of Topliss-reactive ketones (excluding diaryl/α,β-unsaturated/α-hetero) is 1. The van der Waals surface area contributed by atoms with Crippen molar-refractivity contribution in [1.82, 2.24) is 5.32 Å². The maximum absolute atomic E-state index is 12.1. The van der Waals surface area contributed by atoms with Crippen LogP contribution < -0.4 is 5.32 Å². The Labute approximate surface area is 169 Å². The molecule has 1 amide bonds. The summed E-state index contributed by atoms with van der Waals surface area (Å²) in [6.45, 7) is 5.72. The minimum Gasteiger partial charge on any atom is -0.457 e. The van der Waals surface area contributed by atoms with E-state index < -0.39 is 0 Å². The van der Waals surface area contributed by atoms with Crippen molar-refractivity contribution in [2.45, 2.75) is 38.6 Å². The van der Waals surface area contributed by atoms with Gasteiger partial charge in [0.15, 0.2) is 12.4 Å². The fourth-order valence-corrected chi connectivity index (χ4v) is 3.32. The molecule has 0 radical (unpaired) electrons. The van der Waals surface area contributed by atoms with Gasteiger partial charge >= 0.3 is 5.97 Å². The highest BCUT2D eigenvalue weighted by atomic mass is 32.2. The first kappa shape index (κ1) is 21.7. The normalized spacial score (nSPS) is 10.4. The van der Waals surface area contributed by atoms with Gasteiger partial charge in [-0.1, -0.05) is 30.3 Å². The average Bonchev–Trinajstić information content (AvgIpc) is 2.67. The van der Waals surface area contributed by atoms with Crippen molar-refractivity contribution in [2.75, 3.05) is 12.4 Å². The molecular formula is C22H25NO4S. The lowest BCUT2D eigenvalue weighted by molar-refractivity contribution is -0.142. The van der Waals surface area contributed by atoms with E-state index in [4.69, 9.17) is 4.74 Å². The van der Waals surface area contributed by atoms with Crippen molar-refractivity contribution in [3.63, 3.8) is 0 Å². The summed E-state index contributed by atoms with van der Waals surface area (Å²) >= 11 is 1.59. The van der Waals surface area contributed by atoms with Crippen molar-refractivity contribution >= 4 is 29.4 Å². The fourth-order valence-electron chi connectivity index (χ4n) is 2.39. The van der Waals surface area contributed by atoms with E-state index in [0.29, 0.717) is 17.9 Å². The minimum atomic E-state index is -0.382. The smallest absolute Gasteiger partial charge is 0.307 e. The van der Waals surface area contributed by atoms with Crippen LogP contribution in [0.15, 0.2) is 47.4 Å². The number of esters is 1. The molecule has 0 bridgehead atoms. The van der Waals surface area contributed by atoms with Crippen LogP contribution in [-0.4, -0.2) is 30.0 Å². The highest BCUT2D eigenvalue weighted by Crippen LogP contribution is 2.21. The average molecular weight is 400 g/mol. The van der Waals surface area contributed by atoms with E-state index in [1.54, 1.807) is 36.0 Å². The number of ketones is 1. The SMILES string of the molecule is CC(=O)NCc1ccc(C(=O)COC(=O)CCSc2ccc(C)c(C)c2)cc1. The van der Waals surface area contributed by atoms with E-state index in [9.17, 15) is 14.4 Å². The maximum Gasteiger partial charge on any atom is 0.307 e. The Morgan fingerprint density at radius 3 is 2.36 bits per heavy atom. The summed E-state index contributed by atoms with van der Waals surface area (Å²) in [7, 11) is 0. The molecule has 0 aromatic heterocycles. The number of hydrogen-bond acceptors (Lipinski definition) is 5. The van der Waals surface area contributed by atoms with Crippen molar-refractivity contribution in [2.24, 2.45) is 0 Å². The van der Waals surface area contributed by atoms with Crippen molar-refractivity contribution in [1.29, 1.82) is 0 Å². The first-order chi connectivity index (χ1) is 13.3. The standard InChI is InChI=1S/C22H25NO4S/c1-15-4-9-20(12-16(15)2)28-11-10-22(26)27-14-21(25)19-7-5-18(6-8-19)13-23-17(3)24/h4-9,12H,10-11,13-14H2,1-3H3,(H,23,24). The zero-order chi connectivity index (χ0) is 20.5. The largest absolute Gasteiger partial charge is 0.457 e. The summed E-state index contributed by atoms with van der Waals surface area (Å²) in [5.74, 6) is -0.135. The predicted molar refractivity (Wildman–Crippen MR) is 111 cm³/mol. The Morgan fingerprint density at radius 1 is 1.00 bits per heavy atom. The summed E-state index contributed by atoms with van der Waals surface area (Å²) in [5.41, 5.74) is 3.84. The van der Waals surface area contributed by atoms with Gasteiger partial charge in [-0.05, 0) is 42.7 Å². The van der Waals surface area contributed by atoms with Crippen LogP contribution in [0.1, 0.15) is 40.4 Å². The number of nitrogens with one attached hydrogen (secondary N) is 1. The fraction of sp³-hybridized carbons (Fsp3) is 0.318. The molecule has 28 heavy (non-hydrogen) atoms. The molecule has 0 aliphatic rings. The van der Waals surface area contributed by atoms with Gasteiger partial charge in [0.25, 0.3) is 0 Å². The number of benzene rings is 2. The number of amides is 1. The van der Waals surface area contributed by atoms with E-state index in [0.717, 1.165) is 10.5 Å². The molecule has 0 unspecified atom stereocenters. The van der Waals surface area contributed by atoms with Crippen LogP contribution in [0.25, 0.3) is 0 Å². The highest BCUT2D eigenvalue weighted by molar-refractivity contribution is 7.99. The summed E-state index contributed by atoms with van der Waals surface area (Å²) in [6.07, 6.45) is 0.251. The zero-order valence-corrected chi connectivity index (χ0v) is 17.2. The molecule has 0 atom stereocenters. The van der Waals surface area contributed by atoms with Gasteiger partial charge in [0.2, 0.25) is 5.91 Å². The molecule has 2 aromatic carbocycles. The summed E-state index contributed by atoms with van der Waals surface area (Å²) in [4.78, 5) is 36.0.